The highest BCUT2D eigenvalue weighted by Crippen LogP contribution is 2.13. The molecule has 0 unspecified atom stereocenters. The molecule has 2 aromatic rings. The third kappa shape index (κ3) is 3.79. The number of amides is 2. The number of carbonyl (C=O) groups is 2. The summed E-state index contributed by atoms with van der Waals surface area (Å²) in [5.74, 6) is 0.180. The van der Waals surface area contributed by atoms with Crippen molar-refractivity contribution >= 4 is 17.5 Å². The Labute approximate surface area is 132 Å². The van der Waals surface area contributed by atoms with Crippen molar-refractivity contribution in [1.29, 1.82) is 0 Å². The van der Waals surface area contributed by atoms with E-state index < -0.39 is 0 Å². The van der Waals surface area contributed by atoms with Gasteiger partial charge in [-0.25, -0.2) is 9.99 Å². The highest BCUT2D eigenvalue weighted by atomic mass is 16.2. The van der Waals surface area contributed by atoms with E-state index in [4.69, 9.17) is 0 Å². The zero-order chi connectivity index (χ0) is 16.1. The summed E-state index contributed by atoms with van der Waals surface area (Å²) in [4.78, 5) is 28.1. The molecule has 0 spiro atoms. The van der Waals surface area contributed by atoms with Gasteiger partial charge in [0.25, 0.3) is 5.91 Å². The molecule has 8 heteroatoms. The Morgan fingerprint density at radius 3 is 2.83 bits per heavy atom. The predicted molar refractivity (Wildman–Crippen MR) is 81.9 cm³/mol. The van der Waals surface area contributed by atoms with Crippen molar-refractivity contribution in [2.24, 2.45) is 5.10 Å². The number of carbonyl (C=O) groups excluding carboxylic acids is 2. The third-order valence-electron chi connectivity index (χ3n) is 3.42. The van der Waals surface area contributed by atoms with Gasteiger partial charge in [0.05, 0.1) is 13.1 Å². The summed E-state index contributed by atoms with van der Waals surface area (Å²) in [6.45, 7) is 0.600. The number of aromatic nitrogens is 3. The van der Waals surface area contributed by atoms with Gasteiger partial charge in [0.2, 0.25) is 5.91 Å². The van der Waals surface area contributed by atoms with E-state index in [0.717, 1.165) is 5.56 Å². The Morgan fingerprint density at radius 2 is 2.09 bits per heavy atom. The lowest BCUT2D eigenvalue weighted by molar-refractivity contribution is -0.132. The van der Waals surface area contributed by atoms with Crippen molar-refractivity contribution in [2.75, 3.05) is 0 Å². The fourth-order valence-corrected chi connectivity index (χ4v) is 2.23. The molecule has 2 N–H and O–H groups in total. The average Bonchev–Trinajstić information content (AvgIpc) is 3.09. The number of hydrogen-bond donors (Lipinski definition) is 2. The van der Waals surface area contributed by atoms with Gasteiger partial charge in [-0.3, -0.25) is 14.7 Å². The first-order valence-corrected chi connectivity index (χ1v) is 7.26. The SMILES string of the molecule is O=C(NCc1ncn[nH]1)C1=NN(Cc2ccccc2)C(=O)CC1. The van der Waals surface area contributed by atoms with Gasteiger partial charge < -0.3 is 5.32 Å². The Kier molecular flexibility index (Phi) is 4.41. The van der Waals surface area contributed by atoms with Crippen LogP contribution in [0.15, 0.2) is 41.8 Å². The molecule has 1 aromatic heterocycles. The molecule has 23 heavy (non-hydrogen) atoms. The molecule has 1 aliphatic rings. The first-order chi connectivity index (χ1) is 11.2. The Balaban J connectivity index is 1.65. The van der Waals surface area contributed by atoms with Gasteiger partial charge in [-0.15, -0.1) is 0 Å². The summed E-state index contributed by atoms with van der Waals surface area (Å²) < 4.78 is 0. The lowest BCUT2D eigenvalue weighted by Gasteiger charge is -2.23. The highest BCUT2D eigenvalue weighted by Gasteiger charge is 2.24. The number of rotatable bonds is 5. The van der Waals surface area contributed by atoms with Crippen LogP contribution in [-0.4, -0.2) is 37.7 Å². The van der Waals surface area contributed by atoms with E-state index in [9.17, 15) is 9.59 Å². The number of H-pyrrole nitrogens is 1. The molecule has 0 bridgehead atoms. The number of aromatic amines is 1. The van der Waals surface area contributed by atoms with Crippen LogP contribution in [0, 0.1) is 0 Å². The normalized spacial score (nSPS) is 14.5. The second-order valence-corrected chi connectivity index (χ2v) is 5.10. The van der Waals surface area contributed by atoms with Crippen LogP contribution < -0.4 is 5.32 Å². The first-order valence-electron chi connectivity index (χ1n) is 7.26. The summed E-state index contributed by atoms with van der Waals surface area (Å²) in [7, 11) is 0. The van der Waals surface area contributed by atoms with Gasteiger partial charge >= 0.3 is 0 Å². The van der Waals surface area contributed by atoms with Gasteiger partial charge in [0.1, 0.15) is 17.9 Å². The molecule has 2 amide bonds. The third-order valence-corrected chi connectivity index (χ3v) is 3.42. The zero-order valence-electron chi connectivity index (χ0n) is 12.4. The standard InChI is InChI=1S/C15H16N6O2/c22-14-7-6-12(15(23)16-8-13-17-10-18-19-13)20-21(14)9-11-4-2-1-3-5-11/h1-5,10H,6-9H2,(H,16,23)(H,17,18,19). The van der Waals surface area contributed by atoms with E-state index in [-0.39, 0.29) is 24.8 Å². The molecule has 1 aliphatic heterocycles. The van der Waals surface area contributed by atoms with Crippen LogP contribution in [0.2, 0.25) is 0 Å². The van der Waals surface area contributed by atoms with Crippen molar-refractivity contribution in [1.82, 2.24) is 25.5 Å². The Bertz CT molecular complexity index is 711. The molecule has 0 saturated carbocycles. The van der Waals surface area contributed by atoms with Gasteiger partial charge in [-0.1, -0.05) is 30.3 Å². The minimum Gasteiger partial charge on any atom is -0.344 e. The van der Waals surface area contributed by atoms with Gasteiger partial charge in [-0.2, -0.15) is 10.2 Å². The number of nitrogens with zero attached hydrogens (tertiary/aromatic N) is 4. The van der Waals surface area contributed by atoms with E-state index in [1.165, 1.54) is 11.3 Å². The topological polar surface area (TPSA) is 103 Å². The lowest BCUT2D eigenvalue weighted by Crippen LogP contribution is -2.38. The van der Waals surface area contributed by atoms with Crippen molar-refractivity contribution in [3.05, 3.63) is 48.0 Å². The summed E-state index contributed by atoms with van der Waals surface area (Å²) in [6.07, 6.45) is 1.99. The van der Waals surface area contributed by atoms with Crippen LogP contribution in [0.1, 0.15) is 24.2 Å². The smallest absolute Gasteiger partial charge is 0.267 e. The summed E-state index contributed by atoms with van der Waals surface area (Å²) in [5, 5.41) is 14.6. The molecule has 0 atom stereocenters. The van der Waals surface area contributed by atoms with E-state index in [2.05, 4.69) is 25.6 Å². The fraction of sp³-hybridized carbons (Fsp3) is 0.267. The largest absolute Gasteiger partial charge is 0.344 e. The number of hydrazone groups is 1. The van der Waals surface area contributed by atoms with E-state index in [0.29, 0.717) is 24.5 Å². The second kappa shape index (κ2) is 6.82. The molecule has 2 heterocycles. The molecule has 0 saturated heterocycles. The molecule has 0 fully saturated rings. The van der Waals surface area contributed by atoms with Crippen LogP contribution in [0.5, 0.6) is 0 Å². The van der Waals surface area contributed by atoms with E-state index >= 15 is 0 Å². The minimum absolute atomic E-state index is 0.0827. The van der Waals surface area contributed by atoms with Crippen molar-refractivity contribution in [3.8, 4) is 0 Å². The van der Waals surface area contributed by atoms with Crippen molar-refractivity contribution < 1.29 is 9.59 Å². The van der Waals surface area contributed by atoms with Crippen molar-refractivity contribution in [2.45, 2.75) is 25.9 Å². The van der Waals surface area contributed by atoms with Crippen LogP contribution >= 0.6 is 0 Å². The molecule has 0 aliphatic carbocycles. The van der Waals surface area contributed by atoms with Crippen LogP contribution in [0.25, 0.3) is 0 Å². The van der Waals surface area contributed by atoms with Crippen LogP contribution in [0.3, 0.4) is 0 Å². The molecule has 118 valence electrons. The van der Waals surface area contributed by atoms with Crippen LogP contribution in [0.4, 0.5) is 0 Å². The fourth-order valence-electron chi connectivity index (χ4n) is 2.23. The second-order valence-electron chi connectivity index (χ2n) is 5.10. The maximum Gasteiger partial charge on any atom is 0.267 e. The molecule has 8 nitrogen and oxygen atoms in total. The van der Waals surface area contributed by atoms with Crippen LogP contribution in [-0.2, 0) is 22.7 Å². The maximum atomic E-state index is 12.2. The molecule has 3 rings (SSSR count). The summed E-state index contributed by atoms with van der Waals surface area (Å²) >= 11 is 0. The Morgan fingerprint density at radius 1 is 1.26 bits per heavy atom. The summed E-state index contributed by atoms with van der Waals surface area (Å²) in [6, 6.07) is 9.55. The molecule has 1 aromatic carbocycles. The molecular weight excluding hydrogens is 296 g/mol. The molecular formula is C15H16N6O2. The number of hydrogen-bond acceptors (Lipinski definition) is 5. The quantitative estimate of drug-likeness (QED) is 0.843. The van der Waals surface area contributed by atoms with Gasteiger partial charge in [0, 0.05) is 12.8 Å². The van der Waals surface area contributed by atoms with Gasteiger partial charge in [0.15, 0.2) is 0 Å². The molecule has 0 radical (unpaired) electrons. The van der Waals surface area contributed by atoms with Gasteiger partial charge in [-0.05, 0) is 5.56 Å². The zero-order valence-corrected chi connectivity index (χ0v) is 12.4. The van der Waals surface area contributed by atoms with Crippen molar-refractivity contribution in [3.63, 3.8) is 0 Å². The summed E-state index contributed by atoms with van der Waals surface area (Å²) in [5.41, 5.74) is 1.31. The Hall–Kier alpha value is -3.03. The number of benzene rings is 1. The maximum absolute atomic E-state index is 12.2. The first kappa shape index (κ1) is 14.9. The number of nitrogens with one attached hydrogen (secondary N) is 2. The average molecular weight is 312 g/mol. The highest BCUT2D eigenvalue weighted by molar-refractivity contribution is 6.39. The van der Waals surface area contributed by atoms with E-state index in [1.54, 1.807) is 0 Å². The minimum atomic E-state index is -0.299. The lowest BCUT2D eigenvalue weighted by atomic mass is 10.1. The predicted octanol–water partition coefficient (Wildman–Crippen LogP) is 0.599. The monoisotopic (exact) mass is 312 g/mol. The van der Waals surface area contributed by atoms with E-state index in [1.807, 2.05) is 30.3 Å².